The van der Waals surface area contributed by atoms with Gasteiger partial charge in [0.2, 0.25) is 5.88 Å². The predicted octanol–water partition coefficient (Wildman–Crippen LogP) is 4.58. The third-order valence-corrected chi connectivity index (χ3v) is 5.25. The Labute approximate surface area is 181 Å². The van der Waals surface area contributed by atoms with Crippen LogP contribution in [-0.2, 0) is 0 Å². The van der Waals surface area contributed by atoms with Gasteiger partial charge in [0.15, 0.2) is 5.82 Å². The minimum Gasteiger partial charge on any atom is -0.497 e. The van der Waals surface area contributed by atoms with Crippen molar-refractivity contribution >= 4 is 5.91 Å². The van der Waals surface area contributed by atoms with Crippen molar-refractivity contribution in [1.29, 1.82) is 0 Å². The Kier molecular flexibility index (Phi) is 6.31. The van der Waals surface area contributed by atoms with E-state index in [1.807, 2.05) is 29.2 Å². The van der Waals surface area contributed by atoms with E-state index in [9.17, 15) is 4.79 Å². The fraction of sp³-hybridized carbons (Fsp3) is 0.292. The summed E-state index contributed by atoms with van der Waals surface area (Å²) < 4.78 is 16.5. The number of hydrogen-bond donors (Lipinski definition) is 0. The van der Waals surface area contributed by atoms with Crippen LogP contribution in [-0.4, -0.2) is 48.1 Å². The van der Waals surface area contributed by atoms with Crippen LogP contribution in [0.2, 0.25) is 0 Å². The van der Waals surface area contributed by atoms with E-state index in [-0.39, 0.29) is 11.8 Å². The summed E-state index contributed by atoms with van der Waals surface area (Å²) in [5.74, 6) is 2.63. The van der Waals surface area contributed by atoms with Crippen LogP contribution in [0, 0.1) is 0 Å². The van der Waals surface area contributed by atoms with E-state index in [2.05, 4.69) is 9.97 Å². The normalized spacial score (nSPS) is 13.5. The average Bonchev–Trinajstić information content (AvgIpc) is 2.84. The largest absolute Gasteiger partial charge is 0.497 e. The zero-order valence-corrected chi connectivity index (χ0v) is 17.7. The van der Waals surface area contributed by atoms with Crippen molar-refractivity contribution in [3.63, 3.8) is 0 Å². The van der Waals surface area contributed by atoms with Crippen LogP contribution in [0.5, 0.6) is 23.1 Å². The molecule has 1 aliphatic rings. The molecule has 0 atom stereocenters. The number of benzene rings is 2. The highest BCUT2D eigenvalue weighted by atomic mass is 16.5. The van der Waals surface area contributed by atoms with E-state index in [1.165, 1.54) is 0 Å². The van der Waals surface area contributed by atoms with Gasteiger partial charge in [0.1, 0.15) is 22.8 Å². The van der Waals surface area contributed by atoms with Crippen molar-refractivity contribution in [2.24, 2.45) is 0 Å². The van der Waals surface area contributed by atoms with Crippen LogP contribution in [0.25, 0.3) is 11.4 Å². The first-order valence-corrected chi connectivity index (χ1v) is 10.3. The Morgan fingerprint density at radius 1 is 0.839 bits per heavy atom. The van der Waals surface area contributed by atoms with Gasteiger partial charge in [-0.3, -0.25) is 4.79 Å². The summed E-state index contributed by atoms with van der Waals surface area (Å²) in [5, 5.41) is 0. The van der Waals surface area contributed by atoms with Gasteiger partial charge < -0.3 is 19.1 Å². The average molecular weight is 419 g/mol. The molecule has 160 valence electrons. The number of rotatable bonds is 6. The number of piperidine rings is 1. The Bertz CT molecular complexity index is 1030. The lowest BCUT2D eigenvalue weighted by Gasteiger charge is -2.27. The number of nitrogens with zero attached hydrogens (tertiary/aromatic N) is 3. The fourth-order valence-electron chi connectivity index (χ4n) is 3.49. The van der Waals surface area contributed by atoms with Gasteiger partial charge in [0.25, 0.3) is 5.91 Å². The molecule has 0 aliphatic carbocycles. The van der Waals surface area contributed by atoms with E-state index in [4.69, 9.17) is 14.2 Å². The minimum absolute atomic E-state index is 0.107. The molecule has 0 radical (unpaired) electrons. The molecule has 0 saturated carbocycles. The smallest absolute Gasteiger partial charge is 0.260 e. The van der Waals surface area contributed by atoms with Gasteiger partial charge >= 0.3 is 0 Å². The van der Waals surface area contributed by atoms with Crippen LogP contribution in [0.1, 0.15) is 29.6 Å². The lowest BCUT2D eigenvalue weighted by Crippen LogP contribution is -2.36. The molecular formula is C24H25N3O4. The molecule has 2 heterocycles. The number of carbonyl (C=O) groups excluding carboxylic acids is 1. The highest BCUT2D eigenvalue weighted by Gasteiger charge is 2.24. The molecule has 0 spiro atoms. The Balaban J connectivity index is 1.69. The van der Waals surface area contributed by atoms with Gasteiger partial charge in [-0.05, 0) is 67.8 Å². The van der Waals surface area contributed by atoms with Crippen molar-refractivity contribution in [3.05, 3.63) is 60.3 Å². The Morgan fingerprint density at radius 2 is 1.42 bits per heavy atom. The predicted molar refractivity (Wildman–Crippen MR) is 117 cm³/mol. The van der Waals surface area contributed by atoms with Crippen LogP contribution in [0.3, 0.4) is 0 Å². The van der Waals surface area contributed by atoms with E-state index < -0.39 is 0 Å². The zero-order chi connectivity index (χ0) is 21.6. The molecule has 0 unspecified atom stereocenters. The molecule has 2 aromatic carbocycles. The van der Waals surface area contributed by atoms with Gasteiger partial charge in [-0.15, -0.1) is 0 Å². The van der Waals surface area contributed by atoms with Gasteiger partial charge in [0.05, 0.1) is 14.2 Å². The Hall–Kier alpha value is -3.61. The molecule has 1 aromatic heterocycles. The van der Waals surface area contributed by atoms with Crippen molar-refractivity contribution in [2.75, 3.05) is 27.3 Å². The molecule has 7 nitrogen and oxygen atoms in total. The summed E-state index contributed by atoms with van der Waals surface area (Å²) >= 11 is 0. The third-order valence-electron chi connectivity index (χ3n) is 5.25. The van der Waals surface area contributed by atoms with Crippen LogP contribution in [0.15, 0.2) is 54.7 Å². The van der Waals surface area contributed by atoms with Crippen LogP contribution >= 0.6 is 0 Å². The topological polar surface area (TPSA) is 73.8 Å². The number of ether oxygens (including phenoxy) is 3. The fourth-order valence-corrected chi connectivity index (χ4v) is 3.49. The first-order chi connectivity index (χ1) is 15.2. The quantitative estimate of drug-likeness (QED) is 0.582. The molecule has 4 rings (SSSR count). The zero-order valence-electron chi connectivity index (χ0n) is 17.7. The summed E-state index contributed by atoms with van der Waals surface area (Å²) in [5.41, 5.74) is 1.16. The number of amides is 1. The number of hydrogen-bond acceptors (Lipinski definition) is 6. The van der Waals surface area contributed by atoms with Crippen LogP contribution < -0.4 is 14.2 Å². The van der Waals surface area contributed by atoms with Gasteiger partial charge in [-0.25, -0.2) is 4.98 Å². The number of aromatic nitrogens is 2. The van der Waals surface area contributed by atoms with Crippen molar-refractivity contribution in [3.8, 4) is 34.5 Å². The number of likely N-dealkylation sites (tertiary alicyclic amines) is 1. The van der Waals surface area contributed by atoms with Gasteiger partial charge in [-0.1, -0.05) is 0 Å². The first kappa shape index (κ1) is 20.7. The van der Waals surface area contributed by atoms with E-state index in [0.717, 1.165) is 49.4 Å². The molecule has 1 saturated heterocycles. The first-order valence-electron chi connectivity index (χ1n) is 10.3. The SMILES string of the molecule is COc1ccc(Oc2nc(-c3ccc(OC)cc3)ncc2C(=O)N2CCCCC2)cc1. The van der Waals surface area contributed by atoms with E-state index in [1.54, 1.807) is 44.7 Å². The summed E-state index contributed by atoms with van der Waals surface area (Å²) in [4.78, 5) is 24.1. The van der Waals surface area contributed by atoms with Crippen LogP contribution in [0.4, 0.5) is 0 Å². The second-order valence-electron chi connectivity index (χ2n) is 7.27. The highest BCUT2D eigenvalue weighted by Crippen LogP contribution is 2.29. The van der Waals surface area contributed by atoms with Crippen molar-refractivity contribution < 1.29 is 19.0 Å². The number of methoxy groups -OCH3 is 2. The van der Waals surface area contributed by atoms with Gasteiger partial charge in [-0.2, -0.15) is 4.98 Å². The highest BCUT2D eigenvalue weighted by molar-refractivity contribution is 5.96. The minimum atomic E-state index is -0.107. The Morgan fingerprint density at radius 3 is 2.03 bits per heavy atom. The lowest BCUT2D eigenvalue weighted by atomic mass is 10.1. The molecule has 1 aliphatic heterocycles. The molecule has 1 fully saturated rings. The molecule has 1 amide bonds. The van der Waals surface area contributed by atoms with E-state index in [0.29, 0.717) is 17.1 Å². The summed E-state index contributed by atoms with van der Waals surface area (Å²) in [6.07, 6.45) is 4.71. The van der Waals surface area contributed by atoms with Crippen molar-refractivity contribution in [1.82, 2.24) is 14.9 Å². The summed E-state index contributed by atoms with van der Waals surface area (Å²) in [6, 6.07) is 14.6. The monoisotopic (exact) mass is 419 g/mol. The van der Waals surface area contributed by atoms with E-state index >= 15 is 0 Å². The molecule has 0 N–H and O–H groups in total. The molecule has 7 heteroatoms. The second kappa shape index (κ2) is 9.47. The van der Waals surface area contributed by atoms with Crippen molar-refractivity contribution in [2.45, 2.75) is 19.3 Å². The third kappa shape index (κ3) is 4.77. The maximum Gasteiger partial charge on any atom is 0.260 e. The van der Waals surface area contributed by atoms with Gasteiger partial charge in [0, 0.05) is 24.8 Å². The molecular weight excluding hydrogens is 394 g/mol. The second-order valence-corrected chi connectivity index (χ2v) is 7.27. The summed E-state index contributed by atoms with van der Waals surface area (Å²) in [7, 11) is 3.23. The molecule has 3 aromatic rings. The maximum absolute atomic E-state index is 13.2. The summed E-state index contributed by atoms with van der Waals surface area (Å²) in [6.45, 7) is 1.47. The molecule has 31 heavy (non-hydrogen) atoms. The molecule has 0 bridgehead atoms. The maximum atomic E-state index is 13.2. The number of carbonyl (C=O) groups is 1. The lowest BCUT2D eigenvalue weighted by molar-refractivity contribution is 0.0720. The standard InChI is InChI=1S/C24H25N3O4/c1-29-18-8-6-17(7-9-18)22-25-16-21(24(28)27-14-4-3-5-15-27)23(26-22)31-20-12-10-19(30-2)11-13-20/h6-13,16H,3-5,14-15H2,1-2H3.